The summed E-state index contributed by atoms with van der Waals surface area (Å²) >= 11 is 15.7. The van der Waals surface area contributed by atoms with Gasteiger partial charge in [0.1, 0.15) is 6.04 Å². The van der Waals surface area contributed by atoms with E-state index in [-0.39, 0.29) is 18.2 Å². The number of hydrogen-bond acceptors (Lipinski definition) is 2. The van der Waals surface area contributed by atoms with E-state index in [1.807, 2.05) is 75.4 Å². The van der Waals surface area contributed by atoms with Gasteiger partial charge in [-0.15, -0.1) is 0 Å². The second-order valence-corrected chi connectivity index (χ2v) is 11.2. The topological polar surface area (TPSA) is 49.4 Å². The van der Waals surface area contributed by atoms with Crippen LogP contribution in [0.2, 0.25) is 10.0 Å². The van der Waals surface area contributed by atoms with Crippen molar-refractivity contribution in [1.82, 2.24) is 10.2 Å². The lowest BCUT2D eigenvalue weighted by Crippen LogP contribution is -2.54. The molecular formula is C28H29BrCl2N2O2. The Balaban J connectivity index is 1.99. The Morgan fingerprint density at radius 1 is 0.886 bits per heavy atom. The molecule has 0 aromatic heterocycles. The Labute approximate surface area is 225 Å². The highest BCUT2D eigenvalue weighted by atomic mass is 79.9. The highest BCUT2D eigenvalue weighted by molar-refractivity contribution is 9.10. The molecule has 1 atom stereocenters. The second kappa shape index (κ2) is 12.1. The molecule has 0 spiro atoms. The molecular weight excluding hydrogens is 547 g/mol. The molecule has 35 heavy (non-hydrogen) atoms. The average molecular weight is 576 g/mol. The van der Waals surface area contributed by atoms with E-state index in [0.29, 0.717) is 23.0 Å². The zero-order valence-electron chi connectivity index (χ0n) is 20.0. The van der Waals surface area contributed by atoms with E-state index in [1.165, 1.54) is 0 Å². The molecule has 0 saturated carbocycles. The molecule has 184 valence electrons. The van der Waals surface area contributed by atoms with Crippen LogP contribution < -0.4 is 5.32 Å². The molecule has 3 rings (SSSR count). The smallest absolute Gasteiger partial charge is 0.243 e. The minimum Gasteiger partial charge on any atom is -0.350 e. The summed E-state index contributed by atoms with van der Waals surface area (Å²) in [5, 5.41) is 3.89. The Kier molecular flexibility index (Phi) is 9.40. The fraction of sp³-hybridized carbons (Fsp3) is 0.286. The SMILES string of the molecule is CC(C)(C)NC(=O)C(Cc1ccccc1)N(Cc1ccc(Br)cc1)C(=O)Cc1ccc(Cl)c(Cl)c1. The minimum absolute atomic E-state index is 0.0987. The highest BCUT2D eigenvalue weighted by Gasteiger charge is 2.32. The predicted octanol–water partition coefficient (Wildman–Crippen LogP) is 6.85. The number of carbonyl (C=O) groups is 2. The summed E-state index contributed by atoms with van der Waals surface area (Å²) in [5.41, 5.74) is 2.20. The van der Waals surface area contributed by atoms with Gasteiger partial charge in [-0.1, -0.05) is 87.7 Å². The van der Waals surface area contributed by atoms with Gasteiger partial charge < -0.3 is 10.2 Å². The summed E-state index contributed by atoms with van der Waals surface area (Å²) in [7, 11) is 0. The van der Waals surface area contributed by atoms with Crippen LogP contribution in [0.1, 0.15) is 37.5 Å². The zero-order valence-corrected chi connectivity index (χ0v) is 23.1. The lowest BCUT2D eigenvalue weighted by molar-refractivity contribution is -0.141. The van der Waals surface area contributed by atoms with Crippen molar-refractivity contribution in [3.05, 3.63) is 104 Å². The number of benzene rings is 3. The van der Waals surface area contributed by atoms with E-state index in [2.05, 4.69) is 21.2 Å². The van der Waals surface area contributed by atoms with Crippen LogP contribution in [0.5, 0.6) is 0 Å². The monoisotopic (exact) mass is 574 g/mol. The molecule has 7 heteroatoms. The Bertz CT molecular complexity index is 1160. The van der Waals surface area contributed by atoms with Gasteiger partial charge >= 0.3 is 0 Å². The maximum atomic E-state index is 13.7. The molecule has 3 aromatic carbocycles. The van der Waals surface area contributed by atoms with Crippen LogP contribution in [-0.4, -0.2) is 28.3 Å². The first-order valence-corrected chi connectivity index (χ1v) is 12.9. The Hall–Kier alpha value is -2.34. The third-order valence-electron chi connectivity index (χ3n) is 5.37. The quantitative estimate of drug-likeness (QED) is 0.319. The van der Waals surface area contributed by atoms with Crippen LogP contribution in [0.15, 0.2) is 77.3 Å². The van der Waals surface area contributed by atoms with Crippen molar-refractivity contribution in [3.63, 3.8) is 0 Å². The van der Waals surface area contributed by atoms with Crippen molar-refractivity contribution < 1.29 is 9.59 Å². The lowest BCUT2D eigenvalue weighted by atomic mass is 10.00. The zero-order chi connectivity index (χ0) is 25.6. The fourth-order valence-corrected chi connectivity index (χ4v) is 4.30. The van der Waals surface area contributed by atoms with Crippen molar-refractivity contribution in [2.45, 2.75) is 51.7 Å². The van der Waals surface area contributed by atoms with Crippen LogP contribution in [-0.2, 0) is 29.0 Å². The van der Waals surface area contributed by atoms with Crippen molar-refractivity contribution in [1.29, 1.82) is 0 Å². The van der Waals surface area contributed by atoms with Crippen molar-refractivity contribution in [3.8, 4) is 0 Å². The molecule has 3 aromatic rings. The van der Waals surface area contributed by atoms with Crippen molar-refractivity contribution in [2.75, 3.05) is 0 Å². The van der Waals surface area contributed by atoms with Crippen LogP contribution in [0.4, 0.5) is 0 Å². The number of nitrogens with zero attached hydrogens (tertiary/aromatic N) is 1. The minimum atomic E-state index is -0.699. The average Bonchev–Trinajstić information content (AvgIpc) is 2.79. The van der Waals surface area contributed by atoms with Crippen molar-refractivity contribution >= 4 is 50.9 Å². The largest absolute Gasteiger partial charge is 0.350 e. The number of halogens is 3. The van der Waals surface area contributed by atoms with Crippen LogP contribution >= 0.6 is 39.1 Å². The summed E-state index contributed by atoms with van der Waals surface area (Å²) in [6.45, 7) is 6.09. The molecule has 1 unspecified atom stereocenters. The molecule has 0 aliphatic carbocycles. The van der Waals surface area contributed by atoms with Crippen LogP contribution in [0, 0.1) is 0 Å². The number of hydrogen-bond donors (Lipinski definition) is 1. The standard InChI is InChI=1S/C28H29BrCl2N2O2/c1-28(2,3)32-27(35)25(16-19-7-5-4-6-8-19)33(18-20-9-12-22(29)13-10-20)26(34)17-21-11-14-23(30)24(31)15-21/h4-15,25H,16-18H2,1-3H3,(H,32,35). The van der Waals surface area contributed by atoms with Crippen LogP contribution in [0.3, 0.4) is 0 Å². The van der Waals surface area contributed by atoms with Gasteiger partial charge in [0, 0.05) is 23.0 Å². The maximum Gasteiger partial charge on any atom is 0.243 e. The number of amides is 2. The van der Waals surface area contributed by atoms with E-state index in [4.69, 9.17) is 23.2 Å². The fourth-order valence-electron chi connectivity index (χ4n) is 3.72. The first-order valence-electron chi connectivity index (χ1n) is 11.4. The normalized spacial score (nSPS) is 12.2. The van der Waals surface area contributed by atoms with Gasteiger partial charge in [-0.3, -0.25) is 9.59 Å². The molecule has 1 N–H and O–H groups in total. The van der Waals surface area contributed by atoms with Crippen LogP contribution in [0.25, 0.3) is 0 Å². The van der Waals surface area contributed by atoms with E-state index < -0.39 is 11.6 Å². The summed E-state index contributed by atoms with van der Waals surface area (Å²) in [6, 6.07) is 22.0. The van der Waals surface area contributed by atoms with E-state index in [0.717, 1.165) is 21.2 Å². The van der Waals surface area contributed by atoms with Crippen molar-refractivity contribution in [2.24, 2.45) is 0 Å². The first kappa shape index (κ1) is 27.3. The lowest BCUT2D eigenvalue weighted by Gasteiger charge is -2.34. The van der Waals surface area contributed by atoms with E-state index in [1.54, 1.807) is 23.1 Å². The molecule has 0 bridgehead atoms. The van der Waals surface area contributed by atoms with Gasteiger partial charge in [-0.25, -0.2) is 0 Å². The number of carbonyl (C=O) groups excluding carboxylic acids is 2. The third-order valence-corrected chi connectivity index (χ3v) is 6.64. The Morgan fingerprint density at radius 2 is 1.51 bits per heavy atom. The maximum absolute atomic E-state index is 13.7. The number of rotatable bonds is 8. The third kappa shape index (κ3) is 8.38. The van der Waals surface area contributed by atoms with Gasteiger partial charge in [-0.2, -0.15) is 0 Å². The summed E-state index contributed by atoms with van der Waals surface area (Å²) in [6.07, 6.45) is 0.494. The van der Waals surface area contributed by atoms with Gasteiger partial charge in [0.25, 0.3) is 0 Å². The molecule has 2 amide bonds. The van der Waals surface area contributed by atoms with E-state index >= 15 is 0 Å². The molecule has 0 saturated heterocycles. The molecule has 0 fully saturated rings. The predicted molar refractivity (Wildman–Crippen MR) is 147 cm³/mol. The van der Waals surface area contributed by atoms with E-state index in [9.17, 15) is 9.59 Å². The molecule has 4 nitrogen and oxygen atoms in total. The molecule has 0 radical (unpaired) electrons. The first-order chi connectivity index (χ1) is 16.5. The highest BCUT2D eigenvalue weighted by Crippen LogP contribution is 2.24. The summed E-state index contributed by atoms with van der Waals surface area (Å²) in [5.74, 6) is -0.364. The van der Waals surface area contributed by atoms with Gasteiger partial charge in [0.2, 0.25) is 11.8 Å². The molecule has 0 aliphatic rings. The number of nitrogens with one attached hydrogen (secondary N) is 1. The summed E-state index contributed by atoms with van der Waals surface area (Å²) < 4.78 is 0.946. The molecule has 0 heterocycles. The van der Waals surface area contributed by atoms with Gasteiger partial charge in [0.15, 0.2) is 0 Å². The van der Waals surface area contributed by atoms with Gasteiger partial charge in [0.05, 0.1) is 16.5 Å². The molecule has 0 aliphatic heterocycles. The van der Waals surface area contributed by atoms with Gasteiger partial charge in [-0.05, 0) is 61.7 Å². The Morgan fingerprint density at radius 3 is 2.11 bits per heavy atom. The summed E-state index contributed by atoms with van der Waals surface area (Å²) in [4.78, 5) is 29.0. The second-order valence-electron chi connectivity index (χ2n) is 9.52.